The van der Waals surface area contributed by atoms with Gasteiger partial charge < -0.3 is 10.2 Å². The summed E-state index contributed by atoms with van der Waals surface area (Å²) in [6, 6.07) is 26.5. The zero-order valence-electron chi connectivity index (χ0n) is 20.6. The Morgan fingerprint density at radius 3 is 2.11 bits per heavy atom. The van der Waals surface area contributed by atoms with E-state index in [0.29, 0.717) is 5.56 Å². The molecule has 3 aromatic carbocycles. The van der Waals surface area contributed by atoms with Crippen molar-refractivity contribution in [3.05, 3.63) is 118 Å². The van der Waals surface area contributed by atoms with E-state index in [0.717, 1.165) is 42.3 Å². The van der Waals surface area contributed by atoms with Crippen molar-refractivity contribution in [3.63, 3.8) is 0 Å². The monoisotopic (exact) mass is 499 g/mol. The van der Waals surface area contributed by atoms with Crippen LogP contribution in [0.3, 0.4) is 0 Å². The average molecular weight is 500 g/mol. The smallest absolute Gasteiger partial charge is 0.256 e. The molecule has 1 aromatic heterocycles. The number of thiophene rings is 1. The van der Waals surface area contributed by atoms with Crippen LogP contribution in [-0.2, 0) is 0 Å². The Balaban J connectivity index is 1.49. The number of piperazine rings is 1. The minimum atomic E-state index is -0.248. The first-order chi connectivity index (χ1) is 17.5. The summed E-state index contributed by atoms with van der Waals surface area (Å²) in [4.78, 5) is 19.1. The molecule has 1 fully saturated rings. The number of rotatable bonds is 6. The molecule has 0 saturated carbocycles. The van der Waals surface area contributed by atoms with Gasteiger partial charge in [0, 0.05) is 47.9 Å². The highest BCUT2D eigenvalue weighted by atomic mass is 32.1. The third-order valence-electron chi connectivity index (χ3n) is 6.95. The Labute approximate surface area is 216 Å². The summed E-state index contributed by atoms with van der Waals surface area (Å²) >= 11 is 1.61. The topological polar surface area (TPSA) is 35.6 Å². The molecule has 1 saturated heterocycles. The van der Waals surface area contributed by atoms with E-state index in [1.165, 1.54) is 28.3 Å². The van der Waals surface area contributed by atoms with E-state index in [2.05, 4.69) is 53.2 Å². The Morgan fingerprint density at radius 1 is 0.861 bits per heavy atom. The number of nitrogens with zero attached hydrogens (tertiary/aromatic N) is 2. The fraction of sp³-hybridized carbons (Fsp3) is 0.233. The number of amides is 1. The molecule has 2 heterocycles. The van der Waals surface area contributed by atoms with Crippen LogP contribution in [0.2, 0.25) is 0 Å². The number of aryl methyl sites for hydroxylation is 1. The molecule has 0 radical (unpaired) electrons. The van der Waals surface area contributed by atoms with E-state index >= 15 is 0 Å². The lowest BCUT2D eigenvalue weighted by Crippen LogP contribution is -2.48. The van der Waals surface area contributed by atoms with Gasteiger partial charge in [-0.15, -0.1) is 11.3 Å². The third kappa shape index (κ3) is 5.06. The molecule has 1 aliphatic rings. The molecule has 1 unspecified atom stereocenters. The van der Waals surface area contributed by atoms with Crippen molar-refractivity contribution < 1.29 is 9.18 Å². The molecule has 1 amide bonds. The maximum absolute atomic E-state index is 13.9. The number of nitrogens with one attached hydrogen (secondary N) is 1. The Kier molecular flexibility index (Phi) is 7.16. The van der Waals surface area contributed by atoms with Crippen LogP contribution >= 0.6 is 11.3 Å². The molecular weight excluding hydrogens is 469 g/mol. The molecule has 5 rings (SSSR count). The lowest BCUT2D eigenvalue weighted by molar-refractivity contribution is 0.102. The molecule has 36 heavy (non-hydrogen) atoms. The van der Waals surface area contributed by atoms with Gasteiger partial charge >= 0.3 is 0 Å². The second kappa shape index (κ2) is 10.6. The number of carbonyl (C=O) groups is 1. The Morgan fingerprint density at radius 2 is 1.47 bits per heavy atom. The fourth-order valence-corrected chi connectivity index (χ4v) is 6.00. The second-order valence-electron chi connectivity index (χ2n) is 9.16. The van der Waals surface area contributed by atoms with E-state index < -0.39 is 0 Å². The van der Waals surface area contributed by atoms with Crippen molar-refractivity contribution in [2.24, 2.45) is 0 Å². The van der Waals surface area contributed by atoms with E-state index in [1.807, 2.05) is 48.5 Å². The maximum atomic E-state index is 13.9. The lowest BCUT2D eigenvalue weighted by Gasteiger charge is -2.41. The quantitative estimate of drug-likeness (QED) is 0.322. The van der Waals surface area contributed by atoms with Crippen LogP contribution in [0.15, 0.2) is 84.9 Å². The molecule has 6 heteroatoms. The summed E-state index contributed by atoms with van der Waals surface area (Å²) in [5.74, 6) is -0.368. The molecule has 1 atom stereocenters. The first-order valence-electron chi connectivity index (χ1n) is 12.3. The molecular formula is C30H30FN3OS. The predicted octanol–water partition coefficient (Wildman–Crippen LogP) is 6.67. The van der Waals surface area contributed by atoms with Crippen molar-refractivity contribution >= 4 is 27.9 Å². The number of hydrogen-bond acceptors (Lipinski definition) is 4. The van der Waals surface area contributed by atoms with Gasteiger partial charge in [0.1, 0.15) is 10.8 Å². The summed E-state index contributed by atoms with van der Waals surface area (Å²) in [5, 5.41) is 4.05. The molecule has 1 N–H and O–H groups in total. The van der Waals surface area contributed by atoms with E-state index in [1.54, 1.807) is 11.3 Å². The molecule has 0 aliphatic carbocycles. The van der Waals surface area contributed by atoms with Crippen molar-refractivity contribution in [1.29, 1.82) is 0 Å². The van der Waals surface area contributed by atoms with Crippen LogP contribution in [-0.4, -0.2) is 37.0 Å². The Bertz CT molecular complexity index is 1310. The van der Waals surface area contributed by atoms with Crippen LogP contribution in [0, 0.1) is 19.7 Å². The zero-order chi connectivity index (χ0) is 25.1. The number of para-hydroxylation sites is 1. The van der Waals surface area contributed by atoms with Gasteiger partial charge in [-0.25, -0.2) is 4.39 Å². The highest BCUT2D eigenvalue weighted by Gasteiger charge is 2.31. The third-order valence-corrected chi connectivity index (χ3v) is 8.09. The standard InChI is InChI=1S/C30H30FN3OS/c1-21-22(2)36-30(32-29(35)24-9-5-3-6-10-24)27(21)28(23-13-15-25(31)16-14-23)34-19-17-33(18-20-34)26-11-7-4-8-12-26/h3-16,28H,17-20H2,1-2H3,(H,32,35). The molecule has 4 nitrogen and oxygen atoms in total. The van der Waals surface area contributed by atoms with Crippen molar-refractivity contribution in [2.45, 2.75) is 19.9 Å². The average Bonchev–Trinajstić information content (AvgIpc) is 3.19. The zero-order valence-corrected chi connectivity index (χ0v) is 21.4. The van der Waals surface area contributed by atoms with Crippen LogP contribution in [0.1, 0.15) is 38.0 Å². The SMILES string of the molecule is Cc1sc(NC(=O)c2ccccc2)c(C(c2ccc(F)cc2)N2CCN(c3ccccc3)CC2)c1C. The summed E-state index contributed by atoms with van der Waals surface area (Å²) in [7, 11) is 0. The summed E-state index contributed by atoms with van der Waals surface area (Å²) in [6.07, 6.45) is 0. The highest BCUT2D eigenvalue weighted by Crippen LogP contribution is 2.42. The molecule has 0 spiro atoms. The fourth-order valence-electron chi connectivity index (χ4n) is 4.91. The van der Waals surface area contributed by atoms with Crippen LogP contribution in [0.25, 0.3) is 0 Å². The van der Waals surface area contributed by atoms with Gasteiger partial charge in [0.25, 0.3) is 5.91 Å². The molecule has 184 valence electrons. The Hall–Kier alpha value is -3.48. The maximum Gasteiger partial charge on any atom is 0.256 e. The summed E-state index contributed by atoms with van der Waals surface area (Å²) < 4.78 is 13.9. The van der Waals surface area contributed by atoms with Crippen LogP contribution in [0.5, 0.6) is 0 Å². The number of halogens is 1. The number of anilines is 2. The van der Waals surface area contributed by atoms with Gasteiger partial charge in [-0.1, -0.05) is 48.5 Å². The minimum absolute atomic E-state index is 0.0838. The van der Waals surface area contributed by atoms with E-state index in [9.17, 15) is 9.18 Å². The minimum Gasteiger partial charge on any atom is -0.369 e. The number of carbonyl (C=O) groups excluding carboxylic acids is 1. The van der Waals surface area contributed by atoms with Crippen molar-refractivity contribution in [1.82, 2.24) is 4.90 Å². The van der Waals surface area contributed by atoms with Gasteiger partial charge in [-0.3, -0.25) is 9.69 Å². The number of hydrogen-bond donors (Lipinski definition) is 1. The van der Waals surface area contributed by atoms with Gasteiger partial charge in [-0.2, -0.15) is 0 Å². The highest BCUT2D eigenvalue weighted by molar-refractivity contribution is 7.16. The van der Waals surface area contributed by atoms with Gasteiger partial charge in [0.15, 0.2) is 0 Å². The van der Waals surface area contributed by atoms with Gasteiger partial charge in [0.2, 0.25) is 0 Å². The van der Waals surface area contributed by atoms with E-state index in [-0.39, 0.29) is 17.8 Å². The largest absolute Gasteiger partial charge is 0.369 e. The number of benzene rings is 3. The first-order valence-corrected chi connectivity index (χ1v) is 13.1. The summed E-state index contributed by atoms with van der Waals surface area (Å²) in [5.41, 5.74) is 5.15. The van der Waals surface area contributed by atoms with Gasteiger partial charge in [0.05, 0.1) is 6.04 Å². The normalized spacial score (nSPS) is 15.0. The molecule has 1 aliphatic heterocycles. The van der Waals surface area contributed by atoms with Crippen LogP contribution < -0.4 is 10.2 Å². The molecule has 0 bridgehead atoms. The lowest BCUT2D eigenvalue weighted by atomic mass is 9.94. The first kappa shape index (κ1) is 24.2. The van der Waals surface area contributed by atoms with Crippen molar-refractivity contribution in [3.8, 4) is 0 Å². The van der Waals surface area contributed by atoms with E-state index in [4.69, 9.17) is 0 Å². The van der Waals surface area contributed by atoms with Crippen LogP contribution in [0.4, 0.5) is 15.1 Å². The predicted molar refractivity (Wildman–Crippen MR) is 147 cm³/mol. The second-order valence-corrected chi connectivity index (χ2v) is 10.4. The van der Waals surface area contributed by atoms with Crippen molar-refractivity contribution in [2.75, 3.05) is 36.4 Å². The molecule has 4 aromatic rings. The van der Waals surface area contributed by atoms with Gasteiger partial charge in [-0.05, 0) is 61.4 Å². The summed E-state index contributed by atoms with van der Waals surface area (Å²) in [6.45, 7) is 7.73.